The molecule has 0 atom stereocenters. The van der Waals surface area contributed by atoms with Crippen molar-refractivity contribution < 1.29 is 4.43 Å². The van der Waals surface area contributed by atoms with Gasteiger partial charge in [0.1, 0.15) is 0 Å². The van der Waals surface area contributed by atoms with E-state index in [1.807, 2.05) is 36.4 Å². The number of benzene rings is 2. The van der Waals surface area contributed by atoms with Gasteiger partial charge in [-0.05, 0) is 23.2 Å². The van der Waals surface area contributed by atoms with Gasteiger partial charge in [-0.3, -0.25) is 0 Å². The van der Waals surface area contributed by atoms with E-state index in [4.69, 9.17) is 15.5 Å². The van der Waals surface area contributed by atoms with E-state index in [9.17, 15) is 0 Å². The highest BCUT2D eigenvalue weighted by Gasteiger charge is 2.39. The first-order valence-corrected chi connectivity index (χ1v) is 11.1. The molecule has 22 heavy (non-hydrogen) atoms. The Morgan fingerprint density at radius 1 is 0.818 bits per heavy atom. The van der Waals surface area contributed by atoms with Crippen molar-refractivity contribution in [2.75, 3.05) is 0 Å². The van der Waals surface area contributed by atoms with E-state index in [1.165, 1.54) is 0 Å². The Morgan fingerprint density at radius 3 is 1.59 bits per heavy atom. The summed E-state index contributed by atoms with van der Waals surface area (Å²) in [6.07, 6.45) is 4.61. The molecule has 0 aromatic heterocycles. The molecule has 0 aliphatic rings. The molecule has 2 aromatic rings. The first kappa shape index (κ1) is 17.3. The summed E-state index contributed by atoms with van der Waals surface area (Å²) in [7, 11) is -2.67. The van der Waals surface area contributed by atoms with Crippen LogP contribution in [0.25, 0.3) is 0 Å². The summed E-state index contributed by atoms with van der Waals surface area (Å²) < 4.78 is 6.60. The van der Waals surface area contributed by atoms with Crippen LogP contribution in [0.15, 0.2) is 60.7 Å². The van der Waals surface area contributed by atoms with E-state index in [-0.39, 0.29) is 6.10 Å². The smallest absolute Gasteiger partial charge is 0.355 e. The fourth-order valence-electron chi connectivity index (χ4n) is 2.74. The van der Waals surface area contributed by atoms with Crippen molar-refractivity contribution in [1.82, 2.24) is 0 Å². The van der Waals surface area contributed by atoms with Crippen LogP contribution in [-0.4, -0.2) is 13.7 Å². The third-order valence-corrected chi connectivity index (χ3v) is 8.23. The average molecular weight is 333 g/mol. The highest BCUT2D eigenvalue weighted by molar-refractivity contribution is 7.30. The SMILES string of the molecule is CCCC(CCC)O[Si](Cl)(c1ccccc1)c1ccccc1. The van der Waals surface area contributed by atoms with E-state index < -0.39 is 7.63 Å². The van der Waals surface area contributed by atoms with Gasteiger partial charge in [0.05, 0.1) is 0 Å². The maximum atomic E-state index is 7.17. The highest BCUT2D eigenvalue weighted by Crippen LogP contribution is 2.20. The Balaban J connectivity index is 2.37. The molecule has 0 aliphatic heterocycles. The van der Waals surface area contributed by atoms with Crippen molar-refractivity contribution in [3.8, 4) is 0 Å². The van der Waals surface area contributed by atoms with Crippen molar-refractivity contribution in [3.05, 3.63) is 60.7 Å². The van der Waals surface area contributed by atoms with E-state index in [0.717, 1.165) is 36.1 Å². The molecule has 0 saturated heterocycles. The van der Waals surface area contributed by atoms with Gasteiger partial charge >= 0.3 is 7.63 Å². The van der Waals surface area contributed by atoms with E-state index >= 15 is 0 Å². The molecule has 0 fully saturated rings. The van der Waals surface area contributed by atoms with E-state index in [2.05, 4.69) is 38.1 Å². The normalized spacial score (nSPS) is 11.8. The van der Waals surface area contributed by atoms with Crippen LogP contribution < -0.4 is 10.4 Å². The third-order valence-electron chi connectivity index (χ3n) is 3.84. The van der Waals surface area contributed by atoms with Crippen LogP contribution in [0.5, 0.6) is 0 Å². The molecule has 0 amide bonds. The molecule has 0 spiro atoms. The fraction of sp³-hybridized carbons (Fsp3) is 0.368. The van der Waals surface area contributed by atoms with Crippen LogP contribution in [0.2, 0.25) is 0 Å². The number of hydrogen-bond donors (Lipinski definition) is 0. The average Bonchev–Trinajstić information content (AvgIpc) is 2.57. The quantitative estimate of drug-likeness (QED) is 0.512. The van der Waals surface area contributed by atoms with Crippen LogP contribution >= 0.6 is 11.1 Å². The van der Waals surface area contributed by atoms with Gasteiger partial charge in [0.25, 0.3) is 0 Å². The molecule has 0 N–H and O–H groups in total. The molecule has 0 saturated carbocycles. The van der Waals surface area contributed by atoms with Gasteiger partial charge in [-0.15, -0.1) is 11.1 Å². The van der Waals surface area contributed by atoms with Crippen LogP contribution in [0.4, 0.5) is 0 Å². The Hall–Kier alpha value is -1.09. The summed E-state index contributed by atoms with van der Waals surface area (Å²) in [5, 5.41) is 2.25. The van der Waals surface area contributed by atoms with Crippen molar-refractivity contribution >= 4 is 29.1 Å². The van der Waals surface area contributed by atoms with Crippen LogP contribution in [-0.2, 0) is 4.43 Å². The molecular weight excluding hydrogens is 308 g/mol. The van der Waals surface area contributed by atoms with Gasteiger partial charge in [-0.1, -0.05) is 87.4 Å². The molecule has 118 valence electrons. The fourth-order valence-corrected chi connectivity index (χ4v) is 6.42. The standard InChI is InChI=1S/C19H25ClOSi/c1-3-11-17(12-4-2)21-22(20,18-13-7-5-8-14-18)19-15-9-6-10-16-19/h5-10,13-17H,3-4,11-12H2,1-2H3. The Labute approximate surface area is 140 Å². The second-order valence-electron chi connectivity index (χ2n) is 5.64. The molecule has 0 bridgehead atoms. The van der Waals surface area contributed by atoms with E-state index in [0.29, 0.717) is 0 Å². The Bertz CT molecular complexity index is 498. The van der Waals surface area contributed by atoms with Gasteiger partial charge in [0.15, 0.2) is 0 Å². The number of rotatable bonds is 8. The lowest BCUT2D eigenvalue weighted by molar-refractivity contribution is 0.182. The van der Waals surface area contributed by atoms with Gasteiger partial charge in [0.2, 0.25) is 0 Å². The van der Waals surface area contributed by atoms with Crippen molar-refractivity contribution in [3.63, 3.8) is 0 Å². The maximum absolute atomic E-state index is 7.17. The molecule has 2 aromatic carbocycles. The zero-order valence-corrected chi connectivity index (χ0v) is 15.2. The molecule has 1 nitrogen and oxygen atoms in total. The highest BCUT2D eigenvalue weighted by atomic mass is 35.6. The molecule has 0 heterocycles. The summed E-state index contributed by atoms with van der Waals surface area (Å²) in [6, 6.07) is 20.6. The maximum Gasteiger partial charge on any atom is 0.355 e. The lowest BCUT2D eigenvalue weighted by atomic mass is 10.1. The Kier molecular flexibility index (Phi) is 6.68. The van der Waals surface area contributed by atoms with Gasteiger partial charge in [-0.25, -0.2) is 0 Å². The van der Waals surface area contributed by atoms with Crippen LogP contribution in [0, 0.1) is 0 Å². The summed E-state index contributed by atoms with van der Waals surface area (Å²) in [5.41, 5.74) is 0. The lowest BCUT2D eigenvalue weighted by Crippen LogP contribution is -2.58. The Morgan fingerprint density at radius 2 is 1.23 bits per heavy atom. The molecule has 0 radical (unpaired) electrons. The summed E-state index contributed by atoms with van der Waals surface area (Å²) >= 11 is 7.17. The number of halogens is 1. The monoisotopic (exact) mass is 332 g/mol. The van der Waals surface area contributed by atoms with Gasteiger partial charge in [-0.2, -0.15) is 0 Å². The predicted molar refractivity (Wildman–Crippen MR) is 98.4 cm³/mol. The van der Waals surface area contributed by atoms with E-state index in [1.54, 1.807) is 0 Å². The van der Waals surface area contributed by atoms with Crippen molar-refractivity contribution in [1.29, 1.82) is 0 Å². The van der Waals surface area contributed by atoms with Crippen LogP contribution in [0.3, 0.4) is 0 Å². The second kappa shape index (κ2) is 8.52. The van der Waals surface area contributed by atoms with Gasteiger partial charge < -0.3 is 4.43 Å². The minimum Gasteiger partial charge on any atom is -0.394 e. The summed E-state index contributed by atoms with van der Waals surface area (Å²) in [5.74, 6) is 0. The van der Waals surface area contributed by atoms with Crippen molar-refractivity contribution in [2.45, 2.75) is 45.6 Å². The third kappa shape index (κ3) is 4.22. The van der Waals surface area contributed by atoms with Gasteiger partial charge in [0, 0.05) is 6.10 Å². The van der Waals surface area contributed by atoms with Crippen molar-refractivity contribution in [2.24, 2.45) is 0 Å². The second-order valence-corrected chi connectivity index (χ2v) is 9.82. The minimum absolute atomic E-state index is 0.236. The van der Waals surface area contributed by atoms with Crippen LogP contribution in [0.1, 0.15) is 39.5 Å². The first-order chi connectivity index (χ1) is 10.7. The zero-order chi connectivity index (χ0) is 15.8. The molecule has 3 heteroatoms. The summed E-state index contributed by atoms with van der Waals surface area (Å²) in [4.78, 5) is 0. The largest absolute Gasteiger partial charge is 0.394 e. The zero-order valence-electron chi connectivity index (χ0n) is 13.5. The topological polar surface area (TPSA) is 9.23 Å². The lowest BCUT2D eigenvalue weighted by Gasteiger charge is -2.31. The molecule has 0 aliphatic carbocycles. The molecule has 2 rings (SSSR count). The first-order valence-electron chi connectivity index (χ1n) is 8.18. The summed E-state index contributed by atoms with van der Waals surface area (Å²) in [6.45, 7) is 4.41. The number of hydrogen-bond acceptors (Lipinski definition) is 1. The predicted octanol–water partition coefficient (Wildman–Crippen LogP) is 4.47. The minimum atomic E-state index is -2.67. The molecule has 0 unspecified atom stereocenters. The molecular formula is C19H25ClOSi.